The molecule has 0 radical (unpaired) electrons. The molecule has 0 aliphatic heterocycles. The molecule has 0 fully saturated rings. The maximum atomic E-state index is 10.0. The summed E-state index contributed by atoms with van der Waals surface area (Å²) >= 11 is 0. The molecule has 8 aromatic carbocycles. The molecule has 0 saturated heterocycles. The van der Waals surface area contributed by atoms with Crippen molar-refractivity contribution >= 4 is 21.5 Å². The maximum absolute atomic E-state index is 10.0. The number of ether oxygens (including phenoxy) is 2. The van der Waals surface area contributed by atoms with E-state index in [-0.39, 0.29) is 11.5 Å². The highest BCUT2D eigenvalue weighted by atomic mass is 16.5. The Kier molecular flexibility index (Phi) is 7.90. The van der Waals surface area contributed by atoms with Crippen molar-refractivity contribution in [1.29, 1.82) is 0 Å². The van der Waals surface area contributed by atoms with Crippen molar-refractivity contribution < 1.29 is 19.7 Å². The largest absolute Gasteiger partial charge is 0.508 e. The fourth-order valence-corrected chi connectivity index (χ4v) is 7.03. The Bertz CT molecular complexity index is 2300. The summed E-state index contributed by atoms with van der Waals surface area (Å²) in [4.78, 5) is 0. The first-order chi connectivity index (χ1) is 24.5. The molecule has 0 saturated carbocycles. The maximum Gasteiger partial charge on any atom is 0.132 e. The van der Waals surface area contributed by atoms with E-state index in [1.54, 1.807) is 48.5 Å². The van der Waals surface area contributed by atoms with Crippen molar-refractivity contribution in [2.75, 3.05) is 0 Å². The van der Waals surface area contributed by atoms with Crippen LogP contribution in [0.4, 0.5) is 0 Å². The van der Waals surface area contributed by atoms with Gasteiger partial charge in [-0.15, -0.1) is 0 Å². The van der Waals surface area contributed by atoms with Crippen molar-refractivity contribution in [1.82, 2.24) is 0 Å². The SMILES string of the molecule is CC(c1ccc(-c2ccccc2)cc1)(c1c(Oc2ccc(O)cc2)ccc2ccccc12)c1c(Oc2ccc(O)cc2)ccc2ccccc12. The number of phenols is 2. The molecular formula is C46H34O4. The van der Waals surface area contributed by atoms with E-state index in [4.69, 9.17) is 9.47 Å². The Morgan fingerprint density at radius 3 is 1.30 bits per heavy atom. The van der Waals surface area contributed by atoms with Gasteiger partial charge >= 0.3 is 0 Å². The van der Waals surface area contributed by atoms with Crippen LogP contribution in [0.3, 0.4) is 0 Å². The predicted octanol–water partition coefficient (Wildman–Crippen LogP) is 12.0. The Labute approximate surface area is 291 Å². The van der Waals surface area contributed by atoms with Crippen LogP contribution in [0.1, 0.15) is 23.6 Å². The molecule has 2 N–H and O–H groups in total. The standard InChI is InChI=1S/C46H34O4/c1-46(35-19-15-32(16-20-35)31-9-3-2-4-10-31,44-40-13-7-5-11-33(40)17-29-42(44)49-38-25-21-36(47)22-26-38)45-41-14-8-6-12-34(41)18-30-43(45)50-39-27-23-37(48)24-28-39/h2-30,47-48H,1H3. The van der Waals surface area contributed by atoms with Crippen LogP contribution in [-0.4, -0.2) is 10.2 Å². The molecule has 0 bridgehead atoms. The van der Waals surface area contributed by atoms with Gasteiger partial charge in [0.05, 0.1) is 5.41 Å². The number of rotatable bonds is 8. The molecule has 0 aliphatic rings. The number of hydrogen-bond acceptors (Lipinski definition) is 4. The molecule has 8 aromatic rings. The van der Waals surface area contributed by atoms with E-state index in [1.807, 2.05) is 18.2 Å². The molecule has 50 heavy (non-hydrogen) atoms. The zero-order chi connectivity index (χ0) is 34.1. The molecule has 0 amide bonds. The summed E-state index contributed by atoms with van der Waals surface area (Å²) < 4.78 is 13.5. The lowest BCUT2D eigenvalue weighted by Gasteiger charge is -2.36. The molecule has 8 rings (SSSR count). The Morgan fingerprint density at radius 1 is 0.400 bits per heavy atom. The Balaban J connectivity index is 1.45. The molecular weight excluding hydrogens is 617 g/mol. The smallest absolute Gasteiger partial charge is 0.132 e. The molecule has 0 unspecified atom stereocenters. The lowest BCUT2D eigenvalue weighted by Crippen LogP contribution is -2.27. The second kappa shape index (κ2) is 12.8. The molecule has 0 aliphatic carbocycles. The van der Waals surface area contributed by atoms with Gasteiger partial charge in [0.15, 0.2) is 0 Å². The number of aromatic hydroxyl groups is 2. The van der Waals surface area contributed by atoms with E-state index in [9.17, 15) is 10.2 Å². The minimum absolute atomic E-state index is 0.172. The van der Waals surface area contributed by atoms with Crippen LogP contribution in [0.2, 0.25) is 0 Å². The molecule has 0 heterocycles. The van der Waals surface area contributed by atoms with E-state index in [0.29, 0.717) is 23.0 Å². The van der Waals surface area contributed by atoms with Gasteiger partial charge in [0.1, 0.15) is 34.5 Å². The van der Waals surface area contributed by atoms with Gasteiger partial charge in [0.2, 0.25) is 0 Å². The molecule has 0 aromatic heterocycles. The number of hydrogen-bond donors (Lipinski definition) is 2. The summed E-state index contributed by atoms with van der Waals surface area (Å²) in [5.41, 5.74) is 4.43. The Morgan fingerprint density at radius 2 is 0.820 bits per heavy atom. The van der Waals surface area contributed by atoms with Gasteiger partial charge < -0.3 is 19.7 Å². The average molecular weight is 651 g/mol. The predicted molar refractivity (Wildman–Crippen MR) is 202 cm³/mol. The monoisotopic (exact) mass is 650 g/mol. The molecule has 0 atom stereocenters. The van der Waals surface area contributed by atoms with Gasteiger partial charge in [-0.1, -0.05) is 115 Å². The summed E-state index contributed by atoms with van der Waals surface area (Å²) in [5.74, 6) is 2.94. The van der Waals surface area contributed by atoms with Crippen LogP contribution in [0.25, 0.3) is 32.7 Å². The van der Waals surface area contributed by atoms with E-state index in [2.05, 4.69) is 116 Å². The fraction of sp³-hybridized carbons (Fsp3) is 0.0435. The normalized spacial score (nSPS) is 11.5. The fourth-order valence-electron chi connectivity index (χ4n) is 7.03. The highest BCUT2D eigenvalue weighted by molar-refractivity contribution is 5.95. The topological polar surface area (TPSA) is 58.9 Å². The van der Waals surface area contributed by atoms with Gasteiger partial charge in [-0.25, -0.2) is 0 Å². The summed E-state index contributed by atoms with van der Waals surface area (Å²) in [5, 5.41) is 24.3. The highest BCUT2D eigenvalue weighted by Crippen LogP contribution is 2.52. The minimum atomic E-state index is -0.838. The van der Waals surface area contributed by atoms with Crippen LogP contribution in [-0.2, 0) is 5.41 Å². The molecule has 4 nitrogen and oxygen atoms in total. The number of benzene rings is 8. The molecule has 242 valence electrons. The first kappa shape index (κ1) is 30.8. The minimum Gasteiger partial charge on any atom is -0.508 e. The van der Waals surface area contributed by atoms with Crippen molar-refractivity contribution in [3.8, 4) is 45.6 Å². The van der Waals surface area contributed by atoms with Gasteiger partial charge in [0.25, 0.3) is 0 Å². The summed E-state index contributed by atoms with van der Waals surface area (Å²) in [6.07, 6.45) is 0. The van der Waals surface area contributed by atoms with E-state index < -0.39 is 5.41 Å². The summed E-state index contributed by atoms with van der Waals surface area (Å²) in [7, 11) is 0. The highest BCUT2D eigenvalue weighted by Gasteiger charge is 2.40. The lowest BCUT2D eigenvalue weighted by molar-refractivity contribution is 0.448. The zero-order valence-corrected chi connectivity index (χ0v) is 27.5. The van der Waals surface area contributed by atoms with E-state index in [0.717, 1.165) is 49.4 Å². The van der Waals surface area contributed by atoms with Crippen LogP contribution in [0, 0.1) is 0 Å². The van der Waals surface area contributed by atoms with Gasteiger partial charge in [-0.3, -0.25) is 0 Å². The van der Waals surface area contributed by atoms with Crippen molar-refractivity contribution in [3.05, 3.63) is 193 Å². The summed E-state index contributed by atoms with van der Waals surface area (Å²) in [6, 6.07) is 57.8. The van der Waals surface area contributed by atoms with Gasteiger partial charge in [-0.05, 0) is 106 Å². The number of fused-ring (bicyclic) bond motifs is 2. The van der Waals surface area contributed by atoms with E-state index in [1.165, 1.54) is 0 Å². The third-order valence-electron chi connectivity index (χ3n) is 9.48. The first-order valence-electron chi connectivity index (χ1n) is 16.6. The van der Waals surface area contributed by atoms with E-state index >= 15 is 0 Å². The van der Waals surface area contributed by atoms with Crippen molar-refractivity contribution in [2.24, 2.45) is 0 Å². The Hall–Kier alpha value is -6.52. The third-order valence-corrected chi connectivity index (χ3v) is 9.48. The van der Waals surface area contributed by atoms with Crippen LogP contribution in [0.15, 0.2) is 176 Å². The quantitative estimate of drug-likeness (QED) is 0.161. The van der Waals surface area contributed by atoms with Crippen molar-refractivity contribution in [3.63, 3.8) is 0 Å². The first-order valence-corrected chi connectivity index (χ1v) is 16.6. The van der Waals surface area contributed by atoms with Crippen LogP contribution in [0.5, 0.6) is 34.5 Å². The second-order valence-corrected chi connectivity index (χ2v) is 12.6. The molecule has 0 spiro atoms. The van der Waals surface area contributed by atoms with Crippen LogP contribution < -0.4 is 9.47 Å². The second-order valence-electron chi connectivity index (χ2n) is 12.6. The number of phenolic OH excluding ortho intramolecular Hbond substituents is 2. The average Bonchev–Trinajstić information content (AvgIpc) is 3.16. The molecule has 4 heteroatoms. The van der Waals surface area contributed by atoms with Gasteiger partial charge in [0, 0.05) is 11.1 Å². The zero-order valence-electron chi connectivity index (χ0n) is 27.5. The third kappa shape index (κ3) is 5.67. The summed E-state index contributed by atoms with van der Waals surface area (Å²) in [6.45, 7) is 2.25. The lowest BCUT2D eigenvalue weighted by atomic mass is 9.67. The van der Waals surface area contributed by atoms with Crippen molar-refractivity contribution in [2.45, 2.75) is 12.3 Å². The van der Waals surface area contributed by atoms with Crippen LogP contribution >= 0.6 is 0 Å². The van der Waals surface area contributed by atoms with Gasteiger partial charge in [-0.2, -0.15) is 0 Å².